The molecule has 2 fully saturated rings. The second-order valence-electron chi connectivity index (χ2n) is 11.2. The molecular formula is C29H34F3N5O2. The van der Waals surface area contributed by atoms with Crippen molar-refractivity contribution >= 4 is 16.9 Å². The van der Waals surface area contributed by atoms with Crippen LogP contribution in [0.25, 0.3) is 11.0 Å². The lowest BCUT2D eigenvalue weighted by molar-refractivity contribution is -0.136. The molecule has 10 heteroatoms. The molecule has 2 aromatic heterocycles. The summed E-state index contributed by atoms with van der Waals surface area (Å²) >= 11 is 0. The highest BCUT2D eigenvalue weighted by Gasteiger charge is 2.39. The highest BCUT2D eigenvalue weighted by Crippen LogP contribution is 2.40. The molecule has 1 aliphatic carbocycles. The molecule has 3 aromatic rings. The number of H-pyrrole nitrogens is 1. The molecule has 2 aliphatic heterocycles. The van der Waals surface area contributed by atoms with Crippen molar-refractivity contribution < 1.29 is 22.7 Å². The molecule has 0 saturated carbocycles. The molecule has 1 amide bonds. The van der Waals surface area contributed by atoms with Gasteiger partial charge in [0.05, 0.1) is 17.5 Å². The zero-order valence-corrected chi connectivity index (χ0v) is 21.8. The summed E-state index contributed by atoms with van der Waals surface area (Å²) in [5.74, 6) is 0.716. The van der Waals surface area contributed by atoms with Crippen molar-refractivity contribution in [3.63, 3.8) is 0 Å². The van der Waals surface area contributed by atoms with E-state index in [4.69, 9.17) is 4.74 Å². The molecule has 208 valence electrons. The summed E-state index contributed by atoms with van der Waals surface area (Å²) in [6.45, 7) is 3.25. The third kappa shape index (κ3) is 5.68. The fourth-order valence-electron chi connectivity index (χ4n) is 6.79. The standard InChI is InChI=1S/C29H34F3N5O2/c30-29(31,32)23-4-1-5-24-28(23)36-26(34-24)14-27(38)35-25-17-37(21-3-2-11-39-12-9-21)16-20(25)13-19-7-6-18-8-10-33-15-22(18)19/h1,4-5,8,10,15,19-21,25H,2-3,6-7,9,11-14,16-17H2,(H,34,36)(H,35,38)/t19?,20-,21?,25?/m0/s1. The number of carbonyl (C=O) groups is 1. The van der Waals surface area contributed by atoms with Gasteiger partial charge >= 0.3 is 6.18 Å². The average Bonchev–Trinajstić information content (AvgIpc) is 3.54. The number of aromatic amines is 1. The number of fused-ring (bicyclic) bond motifs is 2. The van der Waals surface area contributed by atoms with Crippen molar-refractivity contribution in [1.29, 1.82) is 0 Å². The molecule has 0 spiro atoms. The van der Waals surface area contributed by atoms with E-state index in [1.165, 1.54) is 17.2 Å². The Morgan fingerprint density at radius 1 is 1.15 bits per heavy atom. The SMILES string of the molecule is O=C(Cc1nc2c(C(F)(F)F)cccc2[nH]1)NC1CN(C2CCCOCC2)C[C@@H]1CC1CCc2ccncc21. The lowest BCUT2D eigenvalue weighted by Crippen LogP contribution is -2.42. The Morgan fingerprint density at radius 3 is 2.92 bits per heavy atom. The van der Waals surface area contributed by atoms with Crippen LogP contribution in [0.15, 0.2) is 36.7 Å². The molecule has 2 saturated heterocycles. The summed E-state index contributed by atoms with van der Waals surface area (Å²) in [5.41, 5.74) is 2.03. The molecule has 1 aromatic carbocycles. The number of aromatic nitrogens is 3. The highest BCUT2D eigenvalue weighted by atomic mass is 19.4. The molecular weight excluding hydrogens is 507 g/mol. The number of carbonyl (C=O) groups excluding carboxylic acids is 1. The highest BCUT2D eigenvalue weighted by molar-refractivity contribution is 5.82. The Balaban J connectivity index is 1.17. The van der Waals surface area contributed by atoms with Crippen molar-refractivity contribution in [3.8, 4) is 0 Å². The van der Waals surface area contributed by atoms with Crippen LogP contribution in [-0.2, 0) is 28.5 Å². The largest absolute Gasteiger partial charge is 0.418 e. The van der Waals surface area contributed by atoms with Crippen LogP contribution in [0.5, 0.6) is 0 Å². The molecule has 7 nitrogen and oxygen atoms in total. The first kappa shape index (κ1) is 26.3. The van der Waals surface area contributed by atoms with Gasteiger partial charge in [0.15, 0.2) is 0 Å². The van der Waals surface area contributed by atoms with Crippen LogP contribution >= 0.6 is 0 Å². The number of imidazole rings is 1. The molecule has 2 N–H and O–H groups in total. The molecule has 3 aliphatic rings. The first-order valence-electron chi connectivity index (χ1n) is 13.9. The Bertz CT molecular complexity index is 1320. The van der Waals surface area contributed by atoms with E-state index in [1.807, 2.05) is 12.4 Å². The minimum absolute atomic E-state index is 0.0301. The molecule has 3 unspecified atom stereocenters. The van der Waals surface area contributed by atoms with Crippen LogP contribution in [0.3, 0.4) is 0 Å². The van der Waals surface area contributed by atoms with E-state index < -0.39 is 11.7 Å². The fourth-order valence-corrected chi connectivity index (χ4v) is 6.79. The second-order valence-corrected chi connectivity index (χ2v) is 11.2. The van der Waals surface area contributed by atoms with Gasteiger partial charge in [-0.25, -0.2) is 4.98 Å². The number of hydrogen-bond acceptors (Lipinski definition) is 5. The molecule has 39 heavy (non-hydrogen) atoms. The van der Waals surface area contributed by atoms with Gasteiger partial charge in [0.1, 0.15) is 11.3 Å². The van der Waals surface area contributed by atoms with Crippen molar-refractivity contribution in [3.05, 3.63) is 59.2 Å². The van der Waals surface area contributed by atoms with Gasteiger partial charge in [0, 0.05) is 50.8 Å². The normalized spacial score (nSPS) is 26.0. The monoisotopic (exact) mass is 541 g/mol. The summed E-state index contributed by atoms with van der Waals surface area (Å²) in [7, 11) is 0. The number of hydrogen-bond donors (Lipinski definition) is 2. The smallest absolute Gasteiger partial charge is 0.381 e. The fraction of sp³-hybridized carbons (Fsp3) is 0.552. The number of amides is 1. The molecule has 0 bridgehead atoms. The van der Waals surface area contributed by atoms with Gasteiger partial charge in [-0.15, -0.1) is 0 Å². The maximum atomic E-state index is 13.4. The maximum Gasteiger partial charge on any atom is 0.418 e. The van der Waals surface area contributed by atoms with Gasteiger partial charge in [-0.05, 0) is 79.7 Å². The third-order valence-electron chi connectivity index (χ3n) is 8.68. The van der Waals surface area contributed by atoms with Crippen LogP contribution in [0.4, 0.5) is 13.2 Å². The van der Waals surface area contributed by atoms with E-state index in [0.29, 0.717) is 12.0 Å². The van der Waals surface area contributed by atoms with E-state index >= 15 is 0 Å². The summed E-state index contributed by atoms with van der Waals surface area (Å²) in [4.78, 5) is 27.1. The van der Waals surface area contributed by atoms with Crippen molar-refractivity contribution in [1.82, 2.24) is 25.2 Å². The second kappa shape index (κ2) is 10.9. The third-order valence-corrected chi connectivity index (χ3v) is 8.68. The van der Waals surface area contributed by atoms with E-state index in [2.05, 4.69) is 31.2 Å². The summed E-state index contributed by atoms with van der Waals surface area (Å²) in [6.07, 6.45) is 5.48. The predicted molar refractivity (Wildman–Crippen MR) is 140 cm³/mol. The number of pyridine rings is 1. The zero-order chi connectivity index (χ0) is 27.0. The van der Waals surface area contributed by atoms with E-state index in [1.54, 1.807) is 6.07 Å². The Labute approximate surface area is 225 Å². The van der Waals surface area contributed by atoms with Gasteiger partial charge in [0.2, 0.25) is 5.91 Å². The van der Waals surface area contributed by atoms with Gasteiger partial charge in [0.25, 0.3) is 0 Å². The van der Waals surface area contributed by atoms with Gasteiger partial charge in [-0.2, -0.15) is 13.2 Å². The number of likely N-dealkylation sites (tertiary alicyclic amines) is 1. The van der Waals surface area contributed by atoms with E-state index in [9.17, 15) is 18.0 Å². The van der Waals surface area contributed by atoms with E-state index in [0.717, 1.165) is 70.9 Å². The van der Waals surface area contributed by atoms with Crippen molar-refractivity contribution in [2.24, 2.45) is 5.92 Å². The number of aryl methyl sites for hydroxylation is 1. The quantitative estimate of drug-likeness (QED) is 0.476. The predicted octanol–water partition coefficient (Wildman–Crippen LogP) is 4.63. The average molecular weight is 542 g/mol. The number of ether oxygens (including phenoxy) is 1. The number of para-hydroxylation sites is 1. The number of benzene rings is 1. The molecule has 0 radical (unpaired) electrons. The van der Waals surface area contributed by atoms with Gasteiger partial charge in [-0.3, -0.25) is 14.7 Å². The first-order valence-corrected chi connectivity index (χ1v) is 13.9. The van der Waals surface area contributed by atoms with Gasteiger partial charge < -0.3 is 15.0 Å². The minimum Gasteiger partial charge on any atom is -0.381 e. The number of nitrogens with one attached hydrogen (secondary N) is 2. The number of alkyl halides is 3. The van der Waals surface area contributed by atoms with Crippen LogP contribution in [-0.4, -0.2) is 64.1 Å². The molecule has 4 atom stereocenters. The molecule has 4 heterocycles. The zero-order valence-electron chi connectivity index (χ0n) is 21.8. The van der Waals surface area contributed by atoms with Gasteiger partial charge in [-0.1, -0.05) is 6.07 Å². The first-order chi connectivity index (χ1) is 18.8. The van der Waals surface area contributed by atoms with E-state index in [-0.39, 0.29) is 41.1 Å². The van der Waals surface area contributed by atoms with Crippen LogP contribution in [0, 0.1) is 5.92 Å². The van der Waals surface area contributed by atoms with Crippen LogP contribution in [0.1, 0.15) is 60.5 Å². The summed E-state index contributed by atoms with van der Waals surface area (Å²) in [5, 5.41) is 3.24. The Kier molecular flexibility index (Phi) is 7.33. The lowest BCUT2D eigenvalue weighted by atomic mass is 9.88. The summed E-state index contributed by atoms with van der Waals surface area (Å²) < 4.78 is 46.0. The lowest BCUT2D eigenvalue weighted by Gasteiger charge is -2.26. The Hall–Kier alpha value is -2.98. The number of rotatable bonds is 6. The van der Waals surface area contributed by atoms with Crippen molar-refractivity contribution in [2.75, 3.05) is 26.3 Å². The minimum atomic E-state index is -4.51. The topological polar surface area (TPSA) is 83.1 Å². The van der Waals surface area contributed by atoms with Crippen LogP contribution in [0.2, 0.25) is 0 Å². The number of halogens is 3. The molecule has 6 rings (SSSR count). The Morgan fingerprint density at radius 2 is 2.05 bits per heavy atom. The number of nitrogens with zero attached hydrogens (tertiary/aromatic N) is 3. The van der Waals surface area contributed by atoms with Crippen LogP contribution < -0.4 is 5.32 Å². The maximum absolute atomic E-state index is 13.4. The summed E-state index contributed by atoms with van der Waals surface area (Å²) in [6, 6.07) is 6.43. The van der Waals surface area contributed by atoms with Crippen molar-refractivity contribution in [2.45, 2.75) is 69.1 Å².